The summed E-state index contributed by atoms with van der Waals surface area (Å²) < 4.78 is 5.17. The predicted octanol–water partition coefficient (Wildman–Crippen LogP) is 2.22. The minimum absolute atomic E-state index is 0.119. The first-order valence-electron chi connectivity index (χ1n) is 6.56. The van der Waals surface area contributed by atoms with E-state index in [-0.39, 0.29) is 5.91 Å². The lowest BCUT2D eigenvalue weighted by atomic mass is 10.1. The summed E-state index contributed by atoms with van der Waals surface area (Å²) >= 11 is 5.87. The van der Waals surface area contributed by atoms with Crippen LogP contribution in [0.1, 0.15) is 29.6 Å². The van der Waals surface area contributed by atoms with E-state index in [0.29, 0.717) is 28.9 Å². The van der Waals surface area contributed by atoms with Gasteiger partial charge in [-0.05, 0) is 44.0 Å². The highest BCUT2D eigenvalue weighted by molar-refractivity contribution is 6.30. The van der Waals surface area contributed by atoms with Gasteiger partial charge in [0.25, 0.3) is 5.91 Å². The van der Waals surface area contributed by atoms with Gasteiger partial charge in [0, 0.05) is 17.6 Å². The Hall–Kier alpha value is -1.26. The minimum atomic E-state index is -0.119. The van der Waals surface area contributed by atoms with Crippen LogP contribution in [0.5, 0.6) is 5.75 Å². The van der Waals surface area contributed by atoms with Gasteiger partial charge >= 0.3 is 0 Å². The first-order chi connectivity index (χ1) is 9.20. The summed E-state index contributed by atoms with van der Waals surface area (Å²) in [6.45, 7) is 1.76. The van der Waals surface area contributed by atoms with Crippen molar-refractivity contribution < 1.29 is 9.53 Å². The molecule has 2 rings (SSSR count). The van der Waals surface area contributed by atoms with Crippen molar-refractivity contribution in [1.82, 2.24) is 10.6 Å². The highest BCUT2D eigenvalue weighted by atomic mass is 35.5. The Morgan fingerprint density at radius 2 is 2.42 bits per heavy atom. The van der Waals surface area contributed by atoms with Gasteiger partial charge in [-0.25, -0.2) is 0 Å². The summed E-state index contributed by atoms with van der Waals surface area (Å²) in [5.41, 5.74) is 0.520. The third-order valence-corrected chi connectivity index (χ3v) is 3.58. The van der Waals surface area contributed by atoms with Crippen molar-refractivity contribution in [3.63, 3.8) is 0 Å². The van der Waals surface area contributed by atoms with Gasteiger partial charge in [0.1, 0.15) is 5.75 Å². The second kappa shape index (κ2) is 6.78. The zero-order chi connectivity index (χ0) is 13.7. The maximum atomic E-state index is 12.1. The van der Waals surface area contributed by atoms with Gasteiger partial charge in [-0.15, -0.1) is 0 Å². The Bertz CT molecular complexity index is 445. The summed E-state index contributed by atoms with van der Waals surface area (Å²) in [7, 11) is 1.53. The molecule has 0 aliphatic carbocycles. The molecule has 1 amide bonds. The van der Waals surface area contributed by atoms with Crippen molar-refractivity contribution in [2.45, 2.75) is 25.3 Å². The molecule has 4 nitrogen and oxygen atoms in total. The fourth-order valence-corrected chi connectivity index (χ4v) is 2.47. The summed E-state index contributed by atoms with van der Waals surface area (Å²) in [4.78, 5) is 12.1. The number of nitrogens with one attached hydrogen (secondary N) is 2. The van der Waals surface area contributed by atoms with E-state index in [9.17, 15) is 4.79 Å². The summed E-state index contributed by atoms with van der Waals surface area (Å²) in [5, 5.41) is 6.88. The molecule has 19 heavy (non-hydrogen) atoms. The van der Waals surface area contributed by atoms with E-state index in [1.807, 2.05) is 0 Å². The van der Waals surface area contributed by atoms with Crippen LogP contribution in [0.3, 0.4) is 0 Å². The fraction of sp³-hybridized carbons (Fsp3) is 0.500. The number of amides is 1. The Kier molecular flexibility index (Phi) is 5.05. The smallest absolute Gasteiger partial charge is 0.255 e. The zero-order valence-electron chi connectivity index (χ0n) is 11.0. The van der Waals surface area contributed by atoms with E-state index in [1.165, 1.54) is 20.0 Å². The molecule has 1 heterocycles. The third kappa shape index (κ3) is 3.85. The lowest BCUT2D eigenvalue weighted by Gasteiger charge is -2.12. The molecule has 0 spiro atoms. The molecule has 1 saturated heterocycles. The van der Waals surface area contributed by atoms with Gasteiger partial charge in [-0.2, -0.15) is 0 Å². The summed E-state index contributed by atoms with van der Waals surface area (Å²) in [6.07, 6.45) is 3.38. The molecule has 0 saturated carbocycles. The predicted molar refractivity (Wildman–Crippen MR) is 76.0 cm³/mol. The first-order valence-corrected chi connectivity index (χ1v) is 6.93. The fourth-order valence-electron chi connectivity index (χ4n) is 2.31. The molecule has 0 radical (unpaired) electrons. The monoisotopic (exact) mass is 282 g/mol. The van der Waals surface area contributed by atoms with Crippen LogP contribution in [0.15, 0.2) is 18.2 Å². The minimum Gasteiger partial charge on any atom is -0.496 e. The van der Waals surface area contributed by atoms with E-state index in [1.54, 1.807) is 18.2 Å². The van der Waals surface area contributed by atoms with Crippen molar-refractivity contribution in [3.8, 4) is 5.75 Å². The van der Waals surface area contributed by atoms with Gasteiger partial charge < -0.3 is 15.4 Å². The maximum Gasteiger partial charge on any atom is 0.255 e. The Morgan fingerprint density at radius 3 is 3.11 bits per heavy atom. The molecule has 104 valence electrons. The van der Waals surface area contributed by atoms with E-state index in [4.69, 9.17) is 16.3 Å². The molecule has 1 aliphatic rings. The number of rotatable bonds is 5. The van der Waals surface area contributed by atoms with Crippen molar-refractivity contribution >= 4 is 17.5 Å². The number of methoxy groups -OCH3 is 1. The SMILES string of the molecule is COc1cc(Cl)ccc1C(=O)NCC[C@H]1CCCN1. The van der Waals surface area contributed by atoms with E-state index < -0.39 is 0 Å². The largest absolute Gasteiger partial charge is 0.496 e. The summed E-state index contributed by atoms with van der Waals surface area (Å²) in [5.74, 6) is 0.385. The molecule has 5 heteroatoms. The Morgan fingerprint density at radius 1 is 1.58 bits per heavy atom. The lowest BCUT2D eigenvalue weighted by molar-refractivity contribution is 0.0949. The van der Waals surface area contributed by atoms with Crippen LogP contribution in [0.4, 0.5) is 0 Å². The van der Waals surface area contributed by atoms with Crippen LogP contribution in [0, 0.1) is 0 Å². The van der Waals surface area contributed by atoms with Gasteiger partial charge in [-0.1, -0.05) is 11.6 Å². The number of carbonyl (C=O) groups is 1. The second-order valence-corrected chi connectivity index (χ2v) is 5.12. The number of carbonyl (C=O) groups excluding carboxylic acids is 1. The van der Waals surface area contributed by atoms with Crippen molar-refractivity contribution in [3.05, 3.63) is 28.8 Å². The lowest BCUT2D eigenvalue weighted by Crippen LogP contribution is -2.30. The number of hydrogen-bond donors (Lipinski definition) is 2. The van der Waals surface area contributed by atoms with E-state index >= 15 is 0 Å². The topological polar surface area (TPSA) is 50.4 Å². The highest BCUT2D eigenvalue weighted by Gasteiger charge is 2.15. The van der Waals surface area contributed by atoms with Gasteiger partial charge in [0.15, 0.2) is 0 Å². The van der Waals surface area contributed by atoms with Crippen LogP contribution >= 0.6 is 11.6 Å². The molecule has 1 aromatic rings. The number of hydrogen-bond acceptors (Lipinski definition) is 3. The second-order valence-electron chi connectivity index (χ2n) is 4.68. The van der Waals surface area contributed by atoms with Gasteiger partial charge in [-0.3, -0.25) is 4.79 Å². The van der Waals surface area contributed by atoms with E-state index in [0.717, 1.165) is 13.0 Å². The Balaban J connectivity index is 1.88. The van der Waals surface area contributed by atoms with E-state index in [2.05, 4.69) is 10.6 Å². The molecular weight excluding hydrogens is 264 g/mol. The molecule has 0 bridgehead atoms. The molecule has 1 atom stereocenters. The van der Waals surface area contributed by atoms with Crippen LogP contribution < -0.4 is 15.4 Å². The molecule has 0 unspecified atom stereocenters. The maximum absolute atomic E-state index is 12.1. The molecule has 1 aliphatic heterocycles. The van der Waals surface area contributed by atoms with Crippen LogP contribution in [0.2, 0.25) is 5.02 Å². The molecule has 0 aromatic heterocycles. The third-order valence-electron chi connectivity index (χ3n) is 3.35. The highest BCUT2D eigenvalue weighted by Crippen LogP contribution is 2.22. The molecule has 1 aromatic carbocycles. The van der Waals surface area contributed by atoms with Gasteiger partial charge in [0.2, 0.25) is 0 Å². The van der Waals surface area contributed by atoms with Crippen LogP contribution in [0.25, 0.3) is 0 Å². The number of benzene rings is 1. The number of halogens is 1. The average molecular weight is 283 g/mol. The van der Waals surface area contributed by atoms with Crippen LogP contribution in [-0.2, 0) is 0 Å². The van der Waals surface area contributed by atoms with Crippen molar-refractivity contribution in [2.24, 2.45) is 0 Å². The molecule has 2 N–H and O–H groups in total. The first kappa shape index (κ1) is 14.2. The normalized spacial score (nSPS) is 18.3. The quantitative estimate of drug-likeness (QED) is 0.871. The Labute approximate surface area is 118 Å². The summed E-state index contributed by atoms with van der Waals surface area (Å²) in [6, 6.07) is 5.56. The van der Waals surface area contributed by atoms with Crippen molar-refractivity contribution in [2.75, 3.05) is 20.2 Å². The molecular formula is C14H19ClN2O2. The average Bonchev–Trinajstić information content (AvgIpc) is 2.91. The number of ether oxygens (including phenoxy) is 1. The van der Waals surface area contributed by atoms with Gasteiger partial charge in [0.05, 0.1) is 12.7 Å². The zero-order valence-corrected chi connectivity index (χ0v) is 11.8. The standard InChI is InChI=1S/C14H19ClN2O2/c1-19-13-9-10(15)4-5-12(13)14(18)17-8-6-11-3-2-7-16-11/h4-5,9,11,16H,2-3,6-8H2,1H3,(H,17,18)/t11-/m1/s1. The molecule has 1 fully saturated rings. The van der Waals surface area contributed by atoms with Crippen LogP contribution in [-0.4, -0.2) is 32.1 Å². The van der Waals surface area contributed by atoms with Crippen molar-refractivity contribution in [1.29, 1.82) is 0 Å².